The third-order valence-electron chi connectivity index (χ3n) is 1.62. The SMILES string of the molecule is CCCOCc1ccc(Br)cc1Cl. The Morgan fingerprint density at radius 1 is 1.46 bits per heavy atom. The van der Waals surface area contributed by atoms with E-state index in [2.05, 4.69) is 22.9 Å². The third-order valence-corrected chi connectivity index (χ3v) is 2.47. The first-order valence-electron chi connectivity index (χ1n) is 4.25. The molecule has 0 unspecified atom stereocenters. The minimum Gasteiger partial charge on any atom is -0.377 e. The predicted molar refractivity (Wildman–Crippen MR) is 59.1 cm³/mol. The summed E-state index contributed by atoms with van der Waals surface area (Å²) in [7, 11) is 0. The van der Waals surface area contributed by atoms with Crippen LogP contribution in [-0.2, 0) is 11.3 Å². The highest BCUT2D eigenvalue weighted by atomic mass is 79.9. The highest BCUT2D eigenvalue weighted by Gasteiger charge is 2.00. The highest BCUT2D eigenvalue weighted by Crippen LogP contribution is 2.21. The zero-order valence-electron chi connectivity index (χ0n) is 7.52. The van der Waals surface area contributed by atoms with Gasteiger partial charge in [-0.05, 0) is 24.1 Å². The summed E-state index contributed by atoms with van der Waals surface area (Å²) in [5, 5.41) is 0.755. The van der Waals surface area contributed by atoms with E-state index in [1.54, 1.807) is 0 Å². The van der Waals surface area contributed by atoms with Gasteiger partial charge >= 0.3 is 0 Å². The molecular weight excluding hydrogens is 251 g/mol. The van der Waals surface area contributed by atoms with Crippen LogP contribution in [0, 0.1) is 0 Å². The number of halogens is 2. The van der Waals surface area contributed by atoms with Crippen molar-refractivity contribution in [2.75, 3.05) is 6.61 Å². The molecule has 0 saturated carbocycles. The van der Waals surface area contributed by atoms with Crippen LogP contribution in [0.2, 0.25) is 5.02 Å². The lowest BCUT2D eigenvalue weighted by molar-refractivity contribution is 0.121. The van der Waals surface area contributed by atoms with Crippen molar-refractivity contribution >= 4 is 27.5 Å². The van der Waals surface area contributed by atoms with Crippen LogP contribution >= 0.6 is 27.5 Å². The molecule has 0 saturated heterocycles. The molecule has 72 valence electrons. The summed E-state index contributed by atoms with van der Waals surface area (Å²) in [5.74, 6) is 0. The molecule has 0 aliphatic heterocycles. The monoisotopic (exact) mass is 262 g/mol. The Bertz CT molecular complexity index is 276. The van der Waals surface area contributed by atoms with E-state index in [1.165, 1.54) is 0 Å². The van der Waals surface area contributed by atoms with Crippen LogP contribution < -0.4 is 0 Å². The first-order chi connectivity index (χ1) is 6.24. The molecule has 0 radical (unpaired) electrons. The van der Waals surface area contributed by atoms with Crippen LogP contribution in [0.15, 0.2) is 22.7 Å². The Hall–Kier alpha value is -0.0500. The molecule has 0 heterocycles. The summed E-state index contributed by atoms with van der Waals surface area (Å²) in [4.78, 5) is 0. The Labute approximate surface area is 92.2 Å². The van der Waals surface area contributed by atoms with Crippen molar-refractivity contribution in [2.45, 2.75) is 20.0 Å². The second-order valence-corrected chi connectivity index (χ2v) is 4.11. The predicted octanol–water partition coefficient (Wildman–Crippen LogP) is 4.03. The lowest BCUT2D eigenvalue weighted by Gasteiger charge is -2.05. The number of hydrogen-bond acceptors (Lipinski definition) is 1. The standard InChI is InChI=1S/C10H12BrClO/c1-2-5-13-7-8-3-4-9(11)6-10(8)12/h3-4,6H,2,5,7H2,1H3. The van der Waals surface area contributed by atoms with E-state index in [1.807, 2.05) is 18.2 Å². The molecule has 0 amide bonds. The van der Waals surface area contributed by atoms with Crippen LogP contribution in [0.4, 0.5) is 0 Å². The van der Waals surface area contributed by atoms with Gasteiger partial charge in [0.2, 0.25) is 0 Å². The highest BCUT2D eigenvalue weighted by molar-refractivity contribution is 9.10. The maximum absolute atomic E-state index is 6.00. The second kappa shape index (κ2) is 5.63. The number of ether oxygens (including phenoxy) is 1. The average molecular weight is 264 g/mol. The maximum Gasteiger partial charge on any atom is 0.0731 e. The van der Waals surface area contributed by atoms with E-state index in [4.69, 9.17) is 16.3 Å². The Kier molecular flexibility index (Phi) is 4.78. The van der Waals surface area contributed by atoms with Gasteiger partial charge in [0.1, 0.15) is 0 Å². The normalized spacial score (nSPS) is 10.4. The minimum absolute atomic E-state index is 0.597. The molecule has 0 aliphatic carbocycles. The van der Waals surface area contributed by atoms with Crippen molar-refractivity contribution in [1.82, 2.24) is 0 Å². The molecular formula is C10H12BrClO. The van der Waals surface area contributed by atoms with Gasteiger partial charge in [-0.15, -0.1) is 0 Å². The van der Waals surface area contributed by atoms with Gasteiger partial charge in [-0.3, -0.25) is 0 Å². The Balaban J connectivity index is 2.56. The van der Waals surface area contributed by atoms with Crippen LogP contribution in [0.1, 0.15) is 18.9 Å². The molecule has 0 fully saturated rings. The third kappa shape index (κ3) is 3.67. The first-order valence-corrected chi connectivity index (χ1v) is 5.42. The van der Waals surface area contributed by atoms with Crippen molar-refractivity contribution in [1.29, 1.82) is 0 Å². The van der Waals surface area contributed by atoms with Gasteiger partial charge < -0.3 is 4.74 Å². The van der Waals surface area contributed by atoms with E-state index in [0.717, 1.165) is 28.1 Å². The van der Waals surface area contributed by atoms with E-state index in [-0.39, 0.29) is 0 Å². The zero-order valence-corrected chi connectivity index (χ0v) is 9.86. The van der Waals surface area contributed by atoms with Gasteiger partial charge in [0, 0.05) is 16.1 Å². The van der Waals surface area contributed by atoms with Crippen molar-refractivity contribution in [2.24, 2.45) is 0 Å². The molecule has 0 N–H and O–H groups in total. The molecule has 3 heteroatoms. The first kappa shape index (κ1) is 11.0. The van der Waals surface area contributed by atoms with Gasteiger partial charge in [-0.1, -0.05) is 40.5 Å². The fraction of sp³-hybridized carbons (Fsp3) is 0.400. The van der Waals surface area contributed by atoms with Crippen LogP contribution in [0.3, 0.4) is 0 Å². The molecule has 1 aromatic rings. The number of benzene rings is 1. The summed E-state index contributed by atoms with van der Waals surface area (Å²) in [6.07, 6.45) is 1.04. The minimum atomic E-state index is 0.597. The summed E-state index contributed by atoms with van der Waals surface area (Å²) in [6.45, 7) is 3.47. The molecule has 0 spiro atoms. The molecule has 1 rings (SSSR count). The van der Waals surface area contributed by atoms with Gasteiger partial charge in [0.15, 0.2) is 0 Å². The summed E-state index contributed by atoms with van der Waals surface area (Å²) in [5.41, 5.74) is 1.04. The van der Waals surface area contributed by atoms with E-state index in [0.29, 0.717) is 6.61 Å². The van der Waals surface area contributed by atoms with E-state index < -0.39 is 0 Å². The summed E-state index contributed by atoms with van der Waals surface area (Å²) in [6, 6.07) is 5.82. The van der Waals surface area contributed by atoms with Crippen LogP contribution in [0.5, 0.6) is 0 Å². The van der Waals surface area contributed by atoms with Gasteiger partial charge in [0.25, 0.3) is 0 Å². The Morgan fingerprint density at radius 2 is 2.23 bits per heavy atom. The Morgan fingerprint density at radius 3 is 2.85 bits per heavy atom. The lowest BCUT2D eigenvalue weighted by Crippen LogP contribution is -1.94. The molecule has 0 aliphatic rings. The van der Waals surface area contributed by atoms with Crippen LogP contribution in [-0.4, -0.2) is 6.61 Å². The zero-order chi connectivity index (χ0) is 9.68. The molecule has 1 aromatic carbocycles. The topological polar surface area (TPSA) is 9.23 Å². The smallest absolute Gasteiger partial charge is 0.0731 e. The molecule has 0 aromatic heterocycles. The van der Waals surface area contributed by atoms with Crippen molar-refractivity contribution in [3.63, 3.8) is 0 Å². The van der Waals surface area contributed by atoms with Crippen molar-refractivity contribution in [3.05, 3.63) is 33.3 Å². The van der Waals surface area contributed by atoms with Gasteiger partial charge in [0.05, 0.1) is 6.61 Å². The van der Waals surface area contributed by atoms with Gasteiger partial charge in [-0.25, -0.2) is 0 Å². The maximum atomic E-state index is 6.00. The molecule has 0 bridgehead atoms. The lowest BCUT2D eigenvalue weighted by atomic mass is 10.2. The van der Waals surface area contributed by atoms with E-state index >= 15 is 0 Å². The van der Waals surface area contributed by atoms with Gasteiger partial charge in [-0.2, -0.15) is 0 Å². The van der Waals surface area contributed by atoms with Crippen molar-refractivity contribution in [3.8, 4) is 0 Å². The molecule has 13 heavy (non-hydrogen) atoms. The summed E-state index contributed by atoms with van der Waals surface area (Å²) >= 11 is 9.35. The second-order valence-electron chi connectivity index (χ2n) is 2.79. The fourth-order valence-corrected chi connectivity index (χ4v) is 1.69. The van der Waals surface area contributed by atoms with Crippen molar-refractivity contribution < 1.29 is 4.74 Å². The van der Waals surface area contributed by atoms with E-state index in [9.17, 15) is 0 Å². The largest absolute Gasteiger partial charge is 0.377 e. The fourth-order valence-electron chi connectivity index (χ4n) is 0.965. The molecule has 0 atom stereocenters. The number of hydrogen-bond donors (Lipinski definition) is 0. The quantitative estimate of drug-likeness (QED) is 0.745. The van der Waals surface area contributed by atoms with Crippen LogP contribution in [0.25, 0.3) is 0 Å². The average Bonchev–Trinajstić information content (AvgIpc) is 2.09. The summed E-state index contributed by atoms with van der Waals surface area (Å²) < 4.78 is 6.39. The molecule has 1 nitrogen and oxygen atoms in total. The number of rotatable bonds is 4.